The van der Waals surface area contributed by atoms with Gasteiger partial charge in [-0.2, -0.15) is 0 Å². The number of benzene rings is 2. The van der Waals surface area contributed by atoms with E-state index >= 15 is 0 Å². The highest BCUT2D eigenvalue weighted by atomic mass is 35.5. The van der Waals surface area contributed by atoms with Crippen LogP contribution in [0.5, 0.6) is 0 Å². The first-order valence-corrected chi connectivity index (χ1v) is 5.89. The molecule has 0 aliphatic rings. The predicted molar refractivity (Wildman–Crippen MR) is 70.5 cm³/mol. The van der Waals surface area contributed by atoms with Gasteiger partial charge in [0.15, 0.2) is 0 Å². The van der Waals surface area contributed by atoms with Crippen molar-refractivity contribution in [1.29, 1.82) is 0 Å². The average Bonchev–Trinajstić information content (AvgIpc) is 2.38. The molecule has 0 aliphatic carbocycles. The summed E-state index contributed by atoms with van der Waals surface area (Å²) < 4.78 is 13.6. The second-order valence-corrected chi connectivity index (χ2v) is 4.03. The van der Waals surface area contributed by atoms with E-state index in [1.165, 1.54) is 6.07 Å². The summed E-state index contributed by atoms with van der Waals surface area (Å²) in [5.41, 5.74) is 2.33. The smallest absolute Gasteiger partial charge is 0.129 e. The lowest BCUT2D eigenvalue weighted by Crippen LogP contribution is -2.12. The van der Waals surface area contributed by atoms with Crippen molar-refractivity contribution in [3.05, 3.63) is 59.9 Å². The van der Waals surface area contributed by atoms with Gasteiger partial charge in [-0.05, 0) is 24.3 Å². The lowest BCUT2D eigenvalue weighted by molar-refractivity contribution is 0.617. The largest absolute Gasteiger partial charge is 0.344 e. The molecule has 0 aliphatic heterocycles. The zero-order valence-electron chi connectivity index (χ0n) is 9.53. The normalized spacial score (nSPS) is 10.3. The lowest BCUT2D eigenvalue weighted by Gasteiger charge is -2.22. The van der Waals surface area contributed by atoms with Crippen LogP contribution in [0.25, 0.3) is 0 Å². The summed E-state index contributed by atoms with van der Waals surface area (Å²) in [6.45, 7) is 0. The Morgan fingerprint density at radius 2 is 1.76 bits per heavy atom. The van der Waals surface area contributed by atoms with E-state index in [0.29, 0.717) is 5.56 Å². The third kappa shape index (κ3) is 2.42. The molecule has 3 heteroatoms. The summed E-state index contributed by atoms with van der Waals surface area (Å²) in [6.07, 6.45) is 0. The van der Waals surface area contributed by atoms with Crippen LogP contribution in [-0.2, 0) is 5.88 Å². The number of rotatable bonds is 3. The fourth-order valence-electron chi connectivity index (χ4n) is 1.78. The van der Waals surface area contributed by atoms with Crippen LogP contribution >= 0.6 is 11.6 Å². The van der Waals surface area contributed by atoms with Crippen molar-refractivity contribution >= 4 is 23.0 Å². The van der Waals surface area contributed by atoms with Crippen molar-refractivity contribution in [2.45, 2.75) is 5.88 Å². The van der Waals surface area contributed by atoms with Gasteiger partial charge in [-0.1, -0.05) is 24.3 Å². The van der Waals surface area contributed by atoms with Crippen molar-refractivity contribution < 1.29 is 4.39 Å². The number of nitrogens with zero attached hydrogens (tertiary/aromatic N) is 1. The van der Waals surface area contributed by atoms with E-state index in [0.717, 1.165) is 11.4 Å². The number of hydrogen-bond donors (Lipinski definition) is 0. The first kappa shape index (κ1) is 11.9. The van der Waals surface area contributed by atoms with Gasteiger partial charge in [0.25, 0.3) is 0 Å². The molecule has 0 saturated heterocycles. The topological polar surface area (TPSA) is 3.24 Å². The van der Waals surface area contributed by atoms with Crippen molar-refractivity contribution in [1.82, 2.24) is 0 Å². The molecule has 0 bridgehead atoms. The fourth-order valence-corrected chi connectivity index (χ4v) is 2.05. The van der Waals surface area contributed by atoms with E-state index in [1.54, 1.807) is 6.07 Å². The van der Waals surface area contributed by atoms with Gasteiger partial charge in [-0.25, -0.2) is 4.39 Å². The summed E-state index contributed by atoms with van der Waals surface area (Å²) in [6, 6.07) is 14.8. The average molecular weight is 250 g/mol. The molecule has 17 heavy (non-hydrogen) atoms. The van der Waals surface area contributed by atoms with Gasteiger partial charge in [0, 0.05) is 24.0 Å². The third-order valence-corrected chi connectivity index (χ3v) is 3.00. The maximum absolute atomic E-state index is 13.6. The highest BCUT2D eigenvalue weighted by Gasteiger charge is 2.11. The first-order valence-electron chi connectivity index (χ1n) is 5.36. The molecule has 0 saturated carbocycles. The van der Waals surface area contributed by atoms with Crippen LogP contribution in [0.2, 0.25) is 0 Å². The van der Waals surface area contributed by atoms with Gasteiger partial charge in [0.05, 0.1) is 5.88 Å². The number of halogens is 2. The molecule has 1 nitrogen and oxygen atoms in total. The van der Waals surface area contributed by atoms with Gasteiger partial charge in [0.2, 0.25) is 0 Å². The van der Waals surface area contributed by atoms with Crippen LogP contribution < -0.4 is 4.90 Å². The van der Waals surface area contributed by atoms with Crippen LogP contribution in [0.15, 0.2) is 48.5 Å². The van der Waals surface area contributed by atoms with E-state index in [-0.39, 0.29) is 11.7 Å². The van der Waals surface area contributed by atoms with Gasteiger partial charge < -0.3 is 4.90 Å². The highest BCUT2D eigenvalue weighted by Crippen LogP contribution is 2.29. The Bertz CT molecular complexity index is 499. The second-order valence-electron chi connectivity index (χ2n) is 3.77. The van der Waals surface area contributed by atoms with Crippen LogP contribution in [0.1, 0.15) is 5.56 Å². The molecule has 0 spiro atoms. The Labute approximate surface area is 105 Å². The molecule has 0 atom stereocenters. The number of hydrogen-bond acceptors (Lipinski definition) is 1. The van der Waals surface area contributed by atoms with E-state index in [2.05, 4.69) is 0 Å². The van der Waals surface area contributed by atoms with Gasteiger partial charge in [-0.3, -0.25) is 0 Å². The van der Waals surface area contributed by atoms with Gasteiger partial charge in [0.1, 0.15) is 5.82 Å². The molecule has 0 amide bonds. The van der Waals surface area contributed by atoms with Crippen LogP contribution in [0, 0.1) is 5.82 Å². The van der Waals surface area contributed by atoms with Crippen LogP contribution in [0.4, 0.5) is 15.8 Å². The number of para-hydroxylation sites is 1. The quantitative estimate of drug-likeness (QED) is 0.732. The van der Waals surface area contributed by atoms with Crippen molar-refractivity contribution in [2.75, 3.05) is 11.9 Å². The maximum atomic E-state index is 13.6. The van der Waals surface area contributed by atoms with E-state index in [9.17, 15) is 4.39 Å². The number of anilines is 2. The summed E-state index contributed by atoms with van der Waals surface area (Å²) in [4.78, 5) is 1.93. The molecule has 2 aromatic carbocycles. The minimum Gasteiger partial charge on any atom is -0.344 e. The molecule has 2 aromatic rings. The molecule has 2 rings (SSSR count). The Kier molecular flexibility index (Phi) is 3.64. The minimum absolute atomic E-state index is 0.166. The van der Waals surface area contributed by atoms with Crippen molar-refractivity contribution in [3.8, 4) is 0 Å². The van der Waals surface area contributed by atoms with E-state index < -0.39 is 0 Å². The molecule has 0 unspecified atom stereocenters. The SMILES string of the molecule is CN(c1ccccc1)c1cccc(F)c1CCl. The van der Waals surface area contributed by atoms with E-state index in [1.807, 2.05) is 48.3 Å². The number of alkyl halides is 1. The Morgan fingerprint density at radius 3 is 2.41 bits per heavy atom. The maximum Gasteiger partial charge on any atom is 0.129 e. The van der Waals surface area contributed by atoms with Crippen LogP contribution in [0.3, 0.4) is 0 Å². The monoisotopic (exact) mass is 249 g/mol. The molecule has 0 aromatic heterocycles. The van der Waals surface area contributed by atoms with Crippen molar-refractivity contribution in [2.24, 2.45) is 0 Å². The summed E-state index contributed by atoms with van der Waals surface area (Å²) >= 11 is 5.80. The third-order valence-electron chi connectivity index (χ3n) is 2.73. The Morgan fingerprint density at radius 1 is 1.06 bits per heavy atom. The zero-order valence-corrected chi connectivity index (χ0v) is 10.3. The fraction of sp³-hybridized carbons (Fsp3) is 0.143. The summed E-state index contributed by atoms with van der Waals surface area (Å²) in [7, 11) is 1.90. The molecule has 0 radical (unpaired) electrons. The Balaban J connectivity index is 2.44. The van der Waals surface area contributed by atoms with Crippen LogP contribution in [-0.4, -0.2) is 7.05 Å². The molecule has 0 heterocycles. The first-order chi connectivity index (χ1) is 8.24. The molecule has 0 N–H and O–H groups in total. The van der Waals surface area contributed by atoms with Crippen molar-refractivity contribution in [3.63, 3.8) is 0 Å². The summed E-state index contributed by atoms with van der Waals surface area (Å²) in [5, 5.41) is 0. The molecule has 0 fully saturated rings. The lowest BCUT2D eigenvalue weighted by atomic mass is 10.1. The molecule has 88 valence electrons. The van der Waals surface area contributed by atoms with Gasteiger partial charge in [-0.15, -0.1) is 11.6 Å². The predicted octanol–water partition coefficient (Wildman–Crippen LogP) is 4.33. The minimum atomic E-state index is -0.264. The van der Waals surface area contributed by atoms with E-state index in [4.69, 9.17) is 11.6 Å². The summed E-state index contributed by atoms with van der Waals surface area (Å²) in [5.74, 6) is -0.0978. The Hall–Kier alpha value is -1.54. The van der Waals surface area contributed by atoms with Gasteiger partial charge >= 0.3 is 0 Å². The molecular formula is C14H13ClFN. The standard InChI is InChI=1S/C14H13ClFN/c1-17(11-6-3-2-4-7-11)14-9-5-8-13(16)12(14)10-15/h2-9H,10H2,1H3. The highest BCUT2D eigenvalue weighted by molar-refractivity contribution is 6.17. The second kappa shape index (κ2) is 5.19. The molecular weight excluding hydrogens is 237 g/mol. The zero-order chi connectivity index (χ0) is 12.3.